The highest BCUT2D eigenvalue weighted by molar-refractivity contribution is 5.84. The van der Waals surface area contributed by atoms with Crippen molar-refractivity contribution >= 4 is 12.2 Å². The Balaban J connectivity index is 1.82. The van der Waals surface area contributed by atoms with Crippen LogP contribution < -0.4 is 25.7 Å². The highest BCUT2D eigenvalue weighted by Gasteiger charge is 2.17. The molecule has 1 aromatic heterocycles. The van der Waals surface area contributed by atoms with Crippen LogP contribution in [0.5, 0.6) is 17.2 Å². The number of nitrogens with zero attached hydrogens (tertiary/aromatic N) is 3. The molecule has 0 spiro atoms. The smallest absolute Gasteiger partial charge is 0.230 e. The minimum atomic E-state index is -0.122. The second-order valence-electron chi connectivity index (χ2n) is 6.18. The van der Waals surface area contributed by atoms with Gasteiger partial charge in [0.2, 0.25) is 11.9 Å². The zero-order valence-electron chi connectivity index (χ0n) is 17.0. The molecule has 0 fully saturated rings. The number of hydrogen-bond donors (Lipinski definition) is 2. The van der Waals surface area contributed by atoms with E-state index in [1.54, 1.807) is 20.3 Å². The van der Waals surface area contributed by atoms with E-state index in [2.05, 4.69) is 15.2 Å². The Kier molecular flexibility index (Phi) is 6.53. The van der Waals surface area contributed by atoms with Gasteiger partial charge in [0.15, 0.2) is 0 Å². The molecule has 0 saturated carbocycles. The monoisotopic (exact) mass is 409 g/mol. The predicted molar refractivity (Wildman–Crippen MR) is 114 cm³/mol. The first-order valence-corrected chi connectivity index (χ1v) is 9.04. The average Bonchev–Trinajstić information content (AvgIpc) is 3.12. The predicted octanol–water partition coefficient (Wildman–Crippen LogP) is 2.85. The molecule has 0 bridgehead atoms. The Morgan fingerprint density at radius 2 is 1.90 bits per heavy atom. The van der Waals surface area contributed by atoms with Crippen LogP contribution in [0, 0.1) is 6.92 Å². The molecule has 156 valence electrons. The standard InChI is InChI=1S/C21H23N5O4/c1-13-17(12-29-18-7-5-4-6-14(18)11-24-26-21(22)23)25-20(30-13)16-10-15(27-2)8-9-19(16)28-3/h4-11H,12H2,1-3H3,(H4,22,23,26). The number of ether oxygens (including phenoxy) is 3. The van der Waals surface area contributed by atoms with Gasteiger partial charge in [-0.2, -0.15) is 5.10 Å². The Morgan fingerprint density at radius 1 is 1.10 bits per heavy atom. The van der Waals surface area contributed by atoms with Crippen molar-refractivity contribution in [1.82, 2.24) is 4.98 Å². The summed E-state index contributed by atoms with van der Waals surface area (Å²) >= 11 is 0. The largest absolute Gasteiger partial charge is 0.497 e. The molecular weight excluding hydrogens is 386 g/mol. The van der Waals surface area contributed by atoms with Gasteiger partial charge in [-0.15, -0.1) is 5.10 Å². The Bertz CT molecular complexity index is 1070. The van der Waals surface area contributed by atoms with Gasteiger partial charge in [0.25, 0.3) is 0 Å². The molecule has 3 aromatic rings. The molecule has 0 amide bonds. The number of methoxy groups -OCH3 is 2. The number of aryl methyl sites for hydroxylation is 1. The molecule has 9 nitrogen and oxygen atoms in total. The van der Waals surface area contributed by atoms with Gasteiger partial charge >= 0.3 is 0 Å². The molecule has 3 rings (SSSR count). The van der Waals surface area contributed by atoms with Crippen molar-refractivity contribution in [2.45, 2.75) is 13.5 Å². The number of aromatic nitrogens is 1. The summed E-state index contributed by atoms with van der Waals surface area (Å²) < 4.78 is 22.5. The van der Waals surface area contributed by atoms with Crippen molar-refractivity contribution < 1.29 is 18.6 Å². The van der Waals surface area contributed by atoms with Crippen LogP contribution in [-0.4, -0.2) is 31.4 Å². The lowest BCUT2D eigenvalue weighted by molar-refractivity contribution is 0.299. The van der Waals surface area contributed by atoms with Crippen LogP contribution in [0.15, 0.2) is 57.1 Å². The highest BCUT2D eigenvalue weighted by atomic mass is 16.5. The van der Waals surface area contributed by atoms with E-state index in [1.807, 2.05) is 43.3 Å². The molecular formula is C21H23N5O4. The molecule has 0 unspecified atom stereocenters. The van der Waals surface area contributed by atoms with Crippen LogP contribution in [0.4, 0.5) is 0 Å². The summed E-state index contributed by atoms with van der Waals surface area (Å²) in [6, 6.07) is 12.8. The first-order chi connectivity index (χ1) is 14.5. The third kappa shape index (κ3) is 4.88. The van der Waals surface area contributed by atoms with Gasteiger partial charge in [0, 0.05) is 5.56 Å². The van der Waals surface area contributed by atoms with E-state index in [-0.39, 0.29) is 12.6 Å². The van der Waals surface area contributed by atoms with Crippen molar-refractivity contribution in [2.75, 3.05) is 14.2 Å². The minimum Gasteiger partial charge on any atom is -0.497 e. The number of hydrogen-bond acceptors (Lipinski definition) is 7. The summed E-state index contributed by atoms with van der Waals surface area (Å²) in [6.45, 7) is 2.03. The van der Waals surface area contributed by atoms with Crippen molar-refractivity contribution in [2.24, 2.45) is 21.7 Å². The van der Waals surface area contributed by atoms with Gasteiger partial charge in [-0.25, -0.2) is 4.98 Å². The third-order valence-electron chi connectivity index (χ3n) is 4.18. The van der Waals surface area contributed by atoms with Crippen molar-refractivity contribution in [3.63, 3.8) is 0 Å². The summed E-state index contributed by atoms with van der Waals surface area (Å²) in [7, 11) is 3.19. The average molecular weight is 409 g/mol. The first kappa shape index (κ1) is 20.7. The molecule has 0 radical (unpaired) electrons. The normalized spacial score (nSPS) is 10.8. The van der Waals surface area contributed by atoms with Crippen LogP contribution in [0.1, 0.15) is 17.0 Å². The fourth-order valence-corrected chi connectivity index (χ4v) is 2.68. The molecule has 2 aromatic carbocycles. The lowest BCUT2D eigenvalue weighted by Gasteiger charge is -2.08. The zero-order chi connectivity index (χ0) is 21.5. The highest BCUT2D eigenvalue weighted by Crippen LogP contribution is 2.34. The molecule has 4 N–H and O–H groups in total. The van der Waals surface area contributed by atoms with E-state index in [1.165, 1.54) is 6.21 Å². The molecule has 30 heavy (non-hydrogen) atoms. The SMILES string of the molecule is COc1ccc(OC)c(-c2nc(COc3ccccc3C=NN=C(N)N)c(C)o2)c1. The van der Waals surface area contributed by atoms with E-state index in [9.17, 15) is 0 Å². The lowest BCUT2D eigenvalue weighted by atomic mass is 10.2. The fraction of sp³-hybridized carbons (Fsp3) is 0.190. The third-order valence-corrected chi connectivity index (χ3v) is 4.18. The maximum Gasteiger partial charge on any atom is 0.230 e. The Hall–Kier alpha value is -4.01. The van der Waals surface area contributed by atoms with Crippen LogP contribution in [0.2, 0.25) is 0 Å². The number of rotatable bonds is 8. The lowest BCUT2D eigenvalue weighted by Crippen LogP contribution is -2.21. The van der Waals surface area contributed by atoms with Gasteiger partial charge < -0.3 is 30.1 Å². The van der Waals surface area contributed by atoms with E-state index in [0.717, 1.165) is 5.56 Å². The van der Waals surface area contributed by atoms with Crippen molar-refractivity contribution in [3.8, 4) is 28.7 Å². The summed E-state index contributed by atoms with van der Waals surface area (Å²) in [5.41, 5.74) is 12.6. The van der Waals surface area contributed by atoms with Crippen LogP contribution >= 0.6 is 0 Å². The quantitative estimate of drug-likeness (QED) is 0.332. The van der Waals surface area contributed by atoms with E-state index >= 15 is 0 Å². The van der Waals surface area contributed by atoms with Crippen LogP contribution in [0.3, 0.4) is 0 Å². The first-order valence-electron chi connectivity index (χ1n) is 9.04. The van der Waals surface area contributed by atoms with Crippen LogP contribution in [0.25, 0.3) is 11.5 Å². The van der Waals surface area contributed by atoms with Crippen LogP contribution in [-0.2, 0) is 6.61 Å². The number of para-hydroxylation sites is 1. The van der Waals surface area contributed by atoms with Gasteiger partial charge in [0.05, 0.1) is 26.0 Å². The maximum atomic E-state index is 5.93. The van der Waals surface area contributed by atoms with E-state index in [0.29, 0.717) is 40.2 Å². The second-order valence-corrected chi connectivity index (χ2v) is 6.18. The zero-order valence-corrected chi connectivity index (χ0v) is 17.0. The number of oxazole rings is 1. The molecule has 9 heteroatoms. The molecule has 0 aliphatic rings. The Labute approximate surface area is 174 Å². The summed E-state index contributed by atoms with van der Waals surface area (Å²) in [5, 5.41) is 7.42. The van der Waals surface area contributed by atoms with Gasteiger partial charge in [0.1, 0.15) is 35.3 Å². The van der Waals surface area contributed by atoms with Crippen molar-refractivity contribution in [3.05, 3.63) is 59.5 Å². The summed E-state index contributed by atoms with van der Waals surface area (Å²) in [6.07, 6.45) is 1.51. The summed E-state index contributed by atoms with van der Waals surface area (Å²) in [4.78, 5) is 4.58. The van der Waals surface area contributed by atoms with E-state index < -0.39 is 0 Å². The molecule has 0 atom stereocenters. The topological polar surface area (TPSA) is 130 Å². The van der Waals surface area contributed by atoms with Gasteiger partial charge in [-0.1, -0.05) is 12.1 Å². The molecule has 0 saturated heterocycles. The molecule has 0 aliphatic heterocycles. The van der Waals surface area contributed by atoms with Gasteiger partial charge in [-0.3, -0.25) is 0 Å². The molecule has 0 aliphatic carbocycles. The van der Waals surface area contributed by atoms with E-state index in [4.69, 9.17) is 30.1 Å². The Morgan fingerprint density at radius 3 is 2.63 bits per heavy atom. The van der Waals surface area contributed by atoms with Gasteiger partial charge in [-0.05, 0) is 37.3 Å². The minimum absolute atomic E-state index is 0.122. The second kappa shape index (κ2) is 9.46. The number of nitrogens with two attached hydrogens (primary N) is 2. The van der Waals surface area contributed by atoms with Crippen molar-refractivity contribution in [1.29, 1.82) is 0 Å². The summed E-state index contributed by atoms with van der Waals surface area (Å²) in [5.74, 6) is 2.85. The maximum absolute atomic E-state index is 5.93. The number of guanidine groups is 1. The molecule has 1 heterocycles. The number of benzene rings is 2. The fourth-order valence-electron chi connectivity index (χ4n) is 2.68.